The highest BCUT2D eigenvalue weighted by atomic mass is 32.2. The van der Waals surface area contributed by atoms with Gasteiger partial charge < -0.3 is 10.1 Å². The van der Waals surface area contributed by atoms with Crippen molar-refractivity contribution in [3.63, 3.8) is 0 Å². The van der Waals surface area contributed by atoms with Crippen molar-refractivity contribution < 1.29 is 4.74 Å². The molecular formula is C15H17N3OS. The number of aromatic nitrogens is 2. The van der Waals surface area contributed by atoms with E-state index in [0.29, 0.717) is 11.1 Å². The summed E-state index contributed by atoms with van der Waals surface area (Å²) in [5, 5.41) is 3.77. The lowest BCUT2D eigenvalue weighted by Gasteiger charge is -2.22. The van der Waals surface area contributed by atoms with Gasteiger partial charge in [0.2, 0.25) is 5.88 Å². The number of hydrogen-bond acceptors (Lipinski definition) is 5. The van der Waals surface area contributed by atoms with Crippen molar-refractivity contribution in [2.24, 2.45) is 0 Å². The van der Waals surface area contributed by atoms with Crippen molar-refractivity contribution in [2.75, 3.05) is 14.2 Å². The Balaban J connectivity index is 1.89. The predicted octanol–water partition coefficient (Wildman–Crippen LogP) is 2.46. The van der Waals surface area contributed by atoms with Crippen molar-refractivity contribution in [1.29, 1.82) is 0 Å². The molecule has 3 rings (SSSR count). The van der Waals surface area contributed by atoms with E-state index in [2.05, 4.69) is 39.6 Å². The first-order chi connectivity index (χ1) is 9.83. The fourth-order valence-corrected chi connectivity index (χ4v) is 4.05. The Labute approximate surface area is 123 Å². The summed E-state index contributed by atoms with van der Waals surface area (Å²) in [5.74, 6) is 0.600. The second-order valence-corrected chi connectivity index (χ2v) is 5.97. The molecular weight excluding hydrogens is 270 g/mol. The standard InChI is InChI=1S/C15H17N3OS/c1-16-13(14-15(19-2)18-8-7-17-14)12-9-10-5-3-4-6-11(10)20-12/h3-8,12-13,16H,9H2,1-2H3. The molecule has 1 aromatic carbocycles. The van der Waals surface area contributed by atoms with Crippen LogP contribution in [0.5, 0.6) is 5.88 Å². The number of benzene rings is 1. The summed E-state index contributed by atoms with van der Waals surface area (Å²) in [6.45, 7) is 0. The van der Waals surface area contributed by atoms with Crippen LogP contribution in [-0.2, 0) is 6.42 Å². The molecule has 20 heavy (non-hydrogen) atoms. The van der Waals surface area contributed by atoms with Gasteiger partial charge in [-0.2, -0.15) is 0 Å². The van der Waals surface area contributed by atoms with Crippen LogP contribution >= 0.6 is 11.8 Å². The minimum Gasteiger partial charge on any atom is -0.480 e. The Bertz CT molecular complexity index is 580. The first-order valence-electron chi connectivity index (χ1n) is 6.60. The lowest BCUT2D eigenvalue weighted by Crippen LogP contribution is -2.28. The number of rotatable bonds is 4. The van der Waals surface area contributed by atoms with Crippen molar-refractivity contribution in [3.05, 3.63) is 47.9 Å². The molecule has 1 N–H and O–H groups in total. The van der Waals surface area contributed by atoms with Crippen LogP contribution in [0.1, 0.15) is 17.3 Å². The van der Waals surface area contributed by atoms with Gasteiger partial charge in [0, 0.05) is 22.5 Å². The topological polar surface area (TPSA) is 47.0 Å². The third kappa shape index (κ3) is 2.39. The van der Waals surface area contributed by atoms with Crippen LogP contribution < -0.4 is 10.1 Å². The zero-order valence-corrected chi connectivity index (χ0v) is 12.4. The quantitative estimate of drug-likeness (QED) is 0.936. The van der Waals surface area contributed by atoms with E-state index in [1.807, 2.05) is 18.8 Å². The summed E-state index contributed by atoms with van der Waals surface area (Å²) >= 11 is 1.90. The lowest BCUT2D eigenvalue weighted by atomic mass is 10.0. The van der Waals surface area contributed by atoms with Gasteiger partial charge in [-0.25, -0.2) is 4.98 Å². The number of fused-ring (bicyclic) bond motifs is 1. The molecule has 2 heterocycles. The van der Waals surface area contributed by atoms with E-state index in [4.69, 9.17) is 4.74 Å². The lowest BCUT2D eigenvalue weighted by molar-refractivity contribution is 0.378. The molecule has 0 aliphatic carbocycles. The second-order valence-electron chi connectivity index (χ2n) is 4.69. The van der Waals surface area contributed by atoms with Gasteiger partial charge in [-0.05, 0) is 25.1 Å². The summed E-state index contributed by atoms with van der Waals surface area (Å²) < 4.78 is 5.34. The zero-order valence-electron chi connectivity index (χ0n) is 11.5. The Morgan fingerprint density at radius 2 is 2.10 bits per heavy atom. The first-order valence-corrected chi connectivity index (χ1v) is 7.48. The summed E-state index contributed by atoms with van der Waals surface area (Å²) in [4.78, 5) is 10.1. The second kappa shape index (κ2) is 5.81. The SMILES string of the molecule is CNC(c1nccnc1OC)C1Cc2ccccc2S1. The van der Waals surface area contributed by atoms with E-state index >= 15 is 0 Å². The highest BCUT2D eigenvalue weighted by Crippen LogP contribution is 2.43. The molecule has 1 aliphatic heterocycles. The fourth-order valence-electron chi connectivity index (χ4n) is 2.60. The Morgan fingerprint density at radius 3 is 2.85 bits per heavy atom. The number of thioether (sulfide) groups is 1. The normalized spacial score (nSPS) is 18.6. The summed E-state index contributed by atoms with van der Waals surface area (Å²) in [5.41, 5.74) is 2.29. The Hall–Kier alpha value is -1.59. The van der Waals surface area contributed by atoms with E-state index in [9.17, 15) is 0 Å². The molecule has 2 aromatic rings. The van der Waals surface area contributed by atoms with Crippen molar-refractivity contribution in [3.8, 4) is 5.88 Å². The first kappa shape index (κ1) is 13.4. The Morgan fingerprint density at radius 1 is 1.30 bits per heavy atom. The third-order valence-corrected chi connectivity index (χ3v) is 4.93. The van der Waals surface area contributed by atoms with Crippen LogP contribution in [0.2, 0.25) is 0 Å². The molecule has 5 heteroatoms. The van der Waals surface area contributed by atoms with Crippen LogP contribution in [0.3, 0.4) is 0 Å². The van der Waals surface area contributed by atoms with Gasteiger partial charge in [0.1, 0.15) is 5.69 Å². The molecule has 104 valence electrons. The molecule has 0 saturated carbocycles. The number of methoxy groups -OCH3 is 1. The highest BCUT2D eigenvalue weighted by molar-refractivity contribution is 8.00. The van der Waals surface area contributed by atoms with E-state index in [1.165, 1.54) is 10.5 Å². The zero-order chi connectivity index (χ0) is 13.9. The molecule has 0 bridgehead atoms. The molecule has 0 fully saturated rings. The third-order valence-electron chi connectivity index (χ3n) is 3.53. The number of nitrogens with zero attached hydrogens (tertiary/aromatic N) is 2. The molecule has 2 atom stereocenters. The van der Waals surface area contributed by atoms with E-state index in [0.717, 1.165) is 12.1 Å². The molecule has 1 aromatic heterocycles. The van der Waals surface area contributed by atoms with Gasteiger partial charge in [-0.15, -0.1) is 11.8 Å². The molecule has 0 amide bonds. The van der Waals surface area contributed by atoms with Gasteiger partial charge in [0.05, 0.1) is 13.2 Å². The fraction of sp³-hybridized carbons (Fsp3) is 0.333. The summed E-state index contributed by atoms with van der Waals surface area (Å²) in [7, 11) is 3.60. The largest absolute Gasteiger partial charge is 0.480 e. The molecule has 0 saturated heterocycles. The maximum absolute atomic E-state index is 5.34. The van der Waals surface area contributed by atoms with Gasteiger partial charge in [-0.1, -0.05) is 18.2 Å². The van der Waals surface area contributed by atoms with Crippen LogP contribution in [0, 0.1) is 0 Å². The number of nitrogens with one attached hydrogen (secondary N) is 1. The monoisotopic (exact) mass is 287 g/mol. The van der Waals surface area contributed by atoms with Gasteiger partial charge >= 0.3 is 0 Å². The van der Waals surface area contributed by atoms with Crippen LogP contribution in [0.4, 0.5) is 0 Å². The molecule has 1 aliphatic rings. The molecule has 2 unspecified atom stereocenters. The predicted molar refractivity (Wildman–Crippen MR) is 80.2 cm³/mol. The smallest absolute Gasteiger partial charge is 0.237 e. The van der Waals surface area contributed by atoms with E-state index in [1.54, 1.807) is 19.5 Å². The highest BCUT2D eigenvalue weighted by Gasteiger charge is 2.32. The van der Waals surface area contributed by atoms with Gasteiger partial charge in [0.25, 0.3) is 0 Å². The average Bonchev–Trinajstić information content (AvgIpc) is 2.92. The number of hydrogen-bond donors (Lipinski definition) is 1. The van der Waals surface area contributed by atoms with E-state index in [-0.39, 0.29) is 6.04 Å². The van der Waals surface area contributed by atoms with Crippen LogP contribution in [0.15, 0.2) is 41.6 Å². The van der Waals surface area contributed by atoms with Gasteiger partial charge in [0.15, 0.2) is 0 Å². The van der Waals surface area contributed by atoms with Crippen LogP contribution in [-0.4, -0.2) is 29.4 Å². The van der Waals surface area contributed by atoms with Crippen molar-refractivity contribution in [1.82, 2.24) is 15.3 Å². The molecule has 4 nitrogen and oxygen atoms in total. The average molecular weight is 287 g/mol. The maximum atomic E-state index is 5.34. The summed E-state index contributed by atoms with van der Waals surface area (Å²) in [6.07, 6.45) is 4.41. The summed E-state index contributed by atoms with van der Waals surface area (Å²) in [6, 6.07) is 8.68. The molecule has 0 spiro atoms. The van der Waals surface area contributed by atoms with Crippen LogP contribution in [0.25, 0.3) is 0 Å². The maximum Gasteiger partial charge on any atom is 0.237 e. The van der Waals surface area contributed by atoms with Crippen molar-refractivity contribution in [2.45, 2.75) is 22.6 Å². The molecule has 0 radical (unpaired) electrons. The Kier molecular flexibility index (Phi) is 3.89. The van der Waals surface area contributed by atoms with E-state index < -0.39 is 0 Å². The van der Waals surface area contributed by atoms with Crippen molar-refractivity contribution >= 4 is 11.8 Å². The minimum atomic E-state index is 0.121. The number of ether oxygens (including phenoxy) is 1. The minimum absolute atomic E-state index is 0.121. The van der Waals surface area contributed by atoms with Gasteiger partial charge in [-0.3, -0.25) is 4.98 Å².